The van der Waals surface area contributed by atoms with Gasteiger partial charge in [-0.1, -0.05) is 6.42 Å². The van der Waals surface area contributed by atoms with Gasteiger partial charge in [0, 0.05) is 46.3 Å². The first-order valence-corrected chi connectivity index (χ1v) is 10.8. The molecule has 0 unspecified atom stereocenters. The van der Waals surface area contributed by atoms with Crippen molar-refractivity contribution in [1.29, 1.82) is 0 Å². The van der Waals surface area contributed by atoms with Crippen LogP contribution in [-0.2, 0) is 29.8 Å². The molecule has 1 aromatic heterocycles. The highest BCUT2D eigenvalue weighted by Crippen LogP contribution is 2.36. The molecule has 4 rings (SSSR count). The Morgan fingerprint density at radius 1 is 1.24 bits per heavy atom. The molecule has 1 saturated carbocycles. The maximum absolute atomic E-state index is 12.5. The van der Waals surface area contributed by atoms with Crippen molar-refractivity contribution in [3.63, 3.8) is 0 Å². The normalized spacial score (nSPS) is 28.3. The molecule has 0 aromatic carbocycles. The van der Waals surface area contributed by atoms with Crippen LogP contribution in [-0.4, -0.2) is 64.9 Å². The highest BCUT2D eigenvalue weighted by atomic mass is 32.2. The van der Waals surface area contributed by atoms with Crippen molar-refractivity contribution in [3.05, 3.63) is 17.5 Å². The molecule has 25 heavy (non-hydrogen) atoms. The van der Waals surface area contributed by atoms with Crippen LogP contribution in [0.1, 0.15) is 43.5 Å². The summed E-state index contributed by atoms with van der Waals surface area (Å²) < 4.78 is 29.8. The zero-order valence-corrected chi connectivity index (χ0v) is 16.1. The van der Waals surface area contributed by atoms with E-state index in [1.165, 1.54) is 36.5 Å². The molecular formula is C17H29N5O2S. The lowest BCUT2D eigenvalue weighted by Crippen LogP contribution is -2.39. The second kappa shape index (κ2) is 6.64. The largest absolute Gasteiger partial charge is 0.294 e. The number of fused-ring (bicyclic) bond motifs is 3. The summed E-state index contributed by atoms with van der Waals surface area (Å²) in [7, 11) is -0.193. The van der Waals surface area contributed by atoms with Crippen molar-refractivity contribution in [2.75, 3.05) is 27.2 Å². The average Bonchev–Trinajstić information content (AvgIpc) is 2.99. The number of likely N-dealkylation sites (tertiary alicyclic amines) is 1. The second-order valence-electron chi connectivity index (χ2n) is 7.94. The Morgan fingerprint density at radius 3 is 2.84 bits per heavy atom. The summed E-state index contributed by atoms with van der Waals surface area (Å²) in [6.45, 7) is 3.87. The van der Waals surface area contributed by atoms with Crippen molar-refractivity contribution in [3.8, 4) is 0 Å². The van der Waals surface area contributed by atoms with Gasteiger partial charge in [0.1, 0.15) is 0 Å². The fourth-order valence-corrected chi connectivity index (χ4v) is 5.76. The molecule has 140 valence electrons. The molecule has 1 aliphatic carbocycles. The monoisotopic (exact) mass is 367 g/mol. The van der Waals surface area contributed by atoms with Crippen molar-refractivity contribution >= 4 is 10.2 Å². The molecule has 3 aliphatic rings. The molecule has 0 radical (unpaired) electrons. The first-order valence-electron chi connectivity index (χ1n) is 9.41. The minimum atomic E-state index is -3.38. The Bertz CT molecular complexity index is 729. The third kappa shape index (κ3) is 3.37. The van der Waals surface area contributed by atoms with Gasteiger partial charge in [0.05, 0.1) is 17.9 Å². The average molecular weight is 368 g/mol. The van der Waals surface area contributed by atoms with Crippen LogP contribution >= 0.6 is 0 Å². The van der Waals surface area contributed by atoms with Gasteiger partial charge in [-0.3, -0.25) is 9.58 Å². The first-order chi connectivity index (χ1) is 11.9. The predicted octanol–water partition coefficient (Wildman–Crippen LogP) is 1.27. The minimum Gasteiger partial charge on any atom is -0.294 e. The summed E-state index contributed by atoms with van der Waals surface area (Å²) in [6, 6.07) is 2.84. The molecule has 2 fully saturated rings. The fraction of sp³-hybridized carbons (Fsp3) is 0.824. The third-order valence-electron chi connectivity index (χ3n) is 5.95. The molecule has 7 nitrogen and oxygen atoms in total. The van der Waals surface area contributed by atoms with Gasteiger partial charge in [-0.25, -0.2) is 0 Å². The van der Waals surface area contributed by atoms with Gasteiger partial charge < -0.3 is 0 Å². The van der Waals surface area contributed by atoms with E-state index in [1.54, 1.807) is 18.4 Å². The molecule has 2 bridgehead atoms. The molecule has 0 N–H and O–H groups in total. The van der Waals surface area contributed by atoms with Gasteiger partial charge in [-0.05, 0) is 37.7 Å². The van der Waals surface area contributed by atoms with E-state index in [1.807, 2.05) is 4.68 Å². The van der Waals surface area contributed by atoms with E-state index in [-0.39, 0.29) is 0 Å². The minimum absolute atomic E-state index is 0.416. The van der Waals surface area contributed by atoms with E-state index in [9.17, 15) is 8.42 Å². The summed E-state index contributed by atoms with van der Waals surface area (Å²) in [5.74, 6) is 0.875. The van der Waals surface area contributed by atoms with Crippen LogP contribution in [0.3, 0.4) is 0 Å². The number of nitrogens with zero attached hydrogens (tertiary/aromatic N) is 5. The maximum Gasteiger partial charge on any atom is 0.281 e. The Balaban J connectivity index is 1.50. The predicted molar refractivity (Wildman–Crippen MR) is 96.0 cm³/mol. The zero-order valence-electron chi connectivity index (χ0n) is 15.3. The molecule has 1 aromatic rings. The summed E-state index contributed by atoms with van der Waals surface area (Å²) in [4.78, 5) is 2.59. The molecule has 1 saturated heterocycles. The summed E-state index contributed by atoms with van der Waals surface area (Å²) in [6.07, 6.45) is 6.21. The number of aryl methyl sites for hydroxylation is 1. The van der Waals surface area contributed by atoms with E-state index < -0.39 is 10.2 Å². The van der Waals surface area contributed by atoms with E-state index in [0.29, 0.717) is 13.1 Å². The van der Waals surface area contributed by atoms with Gasteiger partial charge >= 0.3 is 0 Å². The highest BCUT2D eigenvalue weighted by Gasteiger charge is 2.35. The summed E-state index contributed by atoms with van der Waals surface area (Å²) in [5, 5.41) is 4.79. The van der Waals surface area contributed by atoms with Crippen molar-refractivity contribution in [2.45, 2.75) is 57.8 Å². The van der Waals surface area contributed by atoms with Crippen molar-refractivity contribution < 1.29 is 8.42 Å². The van der Waals surface area contributed by atoms with Crippen LogP contribution in [0.4, 0.5) is 0 Å². The van der Waals surface area contributed by atoms with Crippen LogP contribution in [0.2, 0.25) is 0 Å². The molecule has 2 aliphatic heterocycles. The van der Waals surface area contributed by atoms with E-state index in [0.717, 1.165) is 42.9 Å². The Labute approximate surface area is 150 Å². The molecular weight excluding hydrogens is 338 g/mol. The number of rotatable bonds is 4. The lowest BCUT2D eigenvalue weighted by Gasteiger charge is -2.24. The van der Waals surface area contributed by atoms with Crippen molar-refractivity contribution in [2.24, 2.45) is 5.92 Å². The van der Waals surface area contributed by atoms with Crippen LogP contribution in [0.5, 0.6) is 0 Å². The summed E-state index contributed by atoms with van der Waals surface area (Å²) in [5.41, 5.74) is 2.10. The van der Waals surface area contributed by atoms with E-state index in [2.05, 4.69) is 11.0 Å². The lowest BCUT2D eigenvalue weighted by atomic mass is 9.90. The van der Waals surface area contributed by atoms with Gasteiger partial charge in [0.25, 0.3) is 10.2 Å². The van der Waals surface area contributed by atoms with E-state index >= 15 is 0 Å². The van der Waals surface area contributed by atoms with Crippen LogP contribution in [0.25, 0.3) is 0 Å². The Hall–Kier alpha value is -0.960. The van der Waals surface area contributed by atoms with Gasteiger partial charge in [-0.2, -0.15) is 22.1 Å². The smallest absolute Gasteiger partial charge is 0.281 e. The SMILES string of the molecule is CN(C)S(=O)(=O)N1CCCn2nc(CN3C[C@@H]4CCC[C@H]3C4)cc2C1. The highest BCUT2D eigenvalue weighted by molar-refractivity contribution is 7.86. The Kier molecular flexibility index (Phi) is 4.64. The molecule has 0 spiro atoms. The Morgan fingerprint density at radius 2 is 2.08 bits per heavy atom. The topological polar surface area (TPSA) is 61.7 Å². The molecule has 0 amide bonds. The number of hydrogen-bond acceptors (Lipinski definition) is 4. The molecule has 3 heterocycles. The third-order valence-corrected chi connectivity index (χ3v) is 7.83. The van der Waals surface area contributed by atoms with Gasteiger partial charge in [0.2, 0.25) is 0 Å². The first kappa shape index (κ1) is 17.5. The number of aromatic nitrogens is 2. The maximum atomic E-state index is 12.5. The second-order valence-corrected chi connectivity index (χ2v) is 10.1. The summed E-state index contributed by atoms with van der Waals surface area (Å²) >= 11 is 0. The molecule has 8 heteroatoms. The standard InChI is InChI=1S/C17H29N5O2S/c1-19(2)25(23,24)21-7-4-8-22-17(13-21)10-15(18-22)12-20-11-14-5-3-6-16(20)9-14/h10,14,16H,3-9,11-13H2,1-2H3/t14-,16+/m1/s1. The van der Waals surface area contributed by atoms with E-state index in [4.69, 9.17) is 5.10 Å². The van der Waals surface area contributed by atoms with Crippen molar-refractivity contribution in [1.82, 2.24) is 23.3 Å². The van der Waals surface area contributed by atoms with Gasteiger partial charge in [-0.15, -0.1) is 0 Å². The number of hydrogen-bond donors (Lipinski definition) is 0. The van der Waals surface area contributed by atoms with Crippen LogP contribution in [0, 0.1) is 5.92 Å². The van der Waals surface area contributed by atoms with Crippen LogP contribution < -0.4 is 0 Å². The van der Waals surface area contributed by atoms with Gasteiger partial charge in [0.15, 0.2) is 0 Å². The quantitative estimate of drug-likeness (QED) is 0.804. The van der Waals surface area contributed by atoms with Crippen LogP contribution in [0.15, 0.2) is 6.07 Å². The fourth-order valence-electron chi connectivity index (χ4n) is 4.64. The zero-order chi connectivity index (χ0) is 17.6. The molecule has 2 atom stereocenters. The lowest BCUT2D eigenvalue weighted by molar-refractivity contribution is 0.233.